The summed E-state index contributed by atoms with van der Waals surface area (Å²) in [6.45, 7) is 6.32. The van der Waals surface area contributed by atoms with Crippen LogP contribution in [0.2, 0.25) is 0 Å². The number of carbonyl (C=O) groups is 1. The van der Waals surface area contributed by atoms with Gasteiger partial charge in [0.15, 0.2) is 4.45 Å². The lowest BCUT2D eigenvalue weighted by molar-refractivity contribution is 0.0529. The molecule has 0 spiro atoms. The lowest BCUT2D eigenvalue weighted by atomic mass is 10.2. The van der Waals surface area contributed by atoms with Crippen LogP contribution in [0.25, 0.3) is 0 Å². The zero-order valence-corrected chi connectivity index (χ0v) is 10.1. The van der Waals surface area contributed by atoms with Crippen LogP contribution in [0.1, 0.15) is 20.8 Å². The van der Waals surface area contributed by atoms with Crippen molar-refractivity contribution in [3.05, 3.63) is 0 Å². The van der Waals surface area contributed by atoms with Gasteiger partial charge in [-0.05, 0) is 33.0 Å². The third-order valence-electron chi connectivity index (χ3n) is 1.06. The van der Waals surface area contributed by atoms with Gasteiger partial charge < -0.3 is 15.4 Å². The number of amides is 1. The molecule has 0 unspecified atom stereocenters. The van der Waals surface area contributed by atoms with Crippen molar-refractivity contribution in [3.8, 4) is 0 Å². The number of thiocarbonyl (C=S) groups is 1. The minimum Gasteiger partial charge on any atom is -0.444 e. The molecule has 82 valence electrons. The molecule has 0 rings (SSSR count). The quantitative estimate of drug-likeness (QED) is 0.340. The molecular weight excluding hydrogens is 224 g/mol. The van der Waals surface area contributed by atoms with Crippen LogP contribution in [0.3, 0.4) is 0 Å². The molecule has 0 atom stereocenters. The number of alkyl carbamates (subject to hydrolysis) is 1. The van der Waals surface area contributed by atoms with Gasteiger partial charge in [0.2, 0.25) is 0 Å². The summed E-state index contributed by atoms with van der Waals surface area (Å²) >= 11 is 9.95. The van der Waals surface area contributed by atoms with E-state index in [0.29, 0.717) is 13.1 Å². The van der Waals surface area contributed by atoms with Crippen LogP contribution in [0.15, 0.2) is 0 Å². The third-order valence-corrected chi connectivity index (χ3v) is 1.34. The van der Waals surface area contributed by atoms with E-state index in [1.807, 2.05) is 0 Å². The van der Waals surface area contributed by atoms with Crippen molar-refractivity contribution in [2.45, 2.75) is 26.4 Å². The molecule has 0 aliphatic carbocycles. The van der Waals surface area contributed by atoms with E-state index >= 15 is 0 Å². The average Bonchev–Trinajstić information content (AvgIpc) is 1.94. The van der Waals surface area contributed by atoms with Gasteiger partial charge in [-0.2, -0.15) is 0 Å². The van der Waals surface area contributed by atoms with Crippen molar-refractivity contribution < 1.29 is 9.53 Å². The minimum absolute atomic E-state index is 0.191. The highest BCUT2D eigenvalue weighted by Gasteiger charge is 2.15. The average molecular weight is 239 g/mol. The first-order chi connectivity index (χ1) is 6.31. The second-order valence-electron chi connectivity index (χ2n) is 3.63. The Hall–Kier alpha value is -0.550. The standard InChI is InChI=1S/C8H15ClN2O2S/c1-8(2,3)13-7(12)11-5-4-10-6(9)14/h4-5H2,1-3H3,(H,10,14)(H,11,12). The van der Waals surface area contributed by atoms with Crippen LogP contribution in [0.4, 0.5) is 4.79 Å². The molecular formula is C8H15ClN2O2S. The zero-order chi connectivity index (χ0) is 11.2. The summed E-state index contributed by atoms with van der Waals surface area (Å²) in [7, 11) is 0. The van der Waals surface area contributed by atoms with Crippen molar-refractivity contribution >= 4 is 34.4 Å². The summed E-state index contributed by atoms with van der Waals surface area (Å²) in [4.78, 5) is 11.1. The molecule has 0 heterocycles. The third kappa shape index (κ3) is 9.54. The summed E-state index contributed by atoms with van der Waals surface area (Å²) in [5, 5.41) is 5.24. The van der Waals surface area contributed by atoms with Crippen molar-refractivity contribution in [1.82, 2.24) is 10.6 Å². The van der Waals surface area contributed by atoms with Crippen LogP contribution < -0.4 is 10.6 Å². The molecule has 2 N–H and O–H groups in total. The molecule has 0 fully saturated rings. The number of hydrogen-bond acceptors (Lipinski definition) is 3. The van der Waals surface area contributed by atoms with Gasteiger partial charge in [-0.15, -0.1) is 0 Å². The molecule has 0 aromatic rings. The fourth-order valence-corrected chi connectivity index (χ4v) is 0.836. The second-order valence-corrected chi connectivity index (χ2v) is 4.64. The first-order valence-electron chi connectivity index (χ1n) is 4.21. The molecule has 1 amide bonds. The summed E-state index contributed by atoms with van der Waals surface area (Å²) in [6.07, 6.45) is -0.445. The van der Waals surface area contributed by atoms with Crippen molar-refractivity contribution in [3.63, 3.8) is 0 Å². The lowest BCUT2D eigenvalue weighted by Crippen LogP contribution is -2.36. The Labute approximate surface area is 94.3 Å². The smallest absolute Gasteiger partial charge is 0.407 e. The molecule has 0 radical (unpaired) electrons. The van der Waals surface area contributed by atoms with Crippen molar-refractivity contribution in [2.75, 3.05) is 13.1 Å². The molecule has 6 heteroatoms. The zero-order valence-electron chi connectivity index (χ0n) is 8.52. The largest absolute Gasteiger partial charge is 0.444 e. The second kappa shape index (κ2) is 6.03. The highest BCUT2D eigenvalue weighted by atomic mass is 35.5. The highest BCUT2D eigenvalue weighted by Crippen LogP contribution is 2.05. The van der Waals surface area contributed by atoms with Crippen LogP contribution in [-0.4, -0.2) is 29.2 Å². The maximum absolute atomic E-state index is 11.1. The number of rotatable bonds is 3. The number of hydrogen-bond donors (Lipinski definition) is 2. The predicted octanol–water partition coefficient (Wildman–Crippen LogP) is 1.62. The van der Waals surface area contributed by atoms with Gasteiger partial charge in [-0.1, -0.05) is 11.6 Å². The Bertz CT molecular complexity index is 216. The minimum atomic E-state index is -0.473. The topological polar surface area (TPSA) is 50.4 Å². The van der Waals surface area contributed by atoms with Crippen LogP contribution >= 0.6 is 23.8 Å². The summed E-state index contributed by atoms with van der Waals surface area (Å²) in [6, 6.07) is 0. The number of ether oxygens (including phenoxy) is 1. The monoisotopic (exact) mass is 238 g/mol. The lowest BCUT2D eigenvalue weighted by Gasteiger charge is -2.19. The van der Waals surface area contributed by atoms with E-state index in [0.717, 1.165) is 0 Å². The van der Waals surface area contributed by atoms with Gasteiger partial charge in [0, 0.05) is 13.1 Å². The van der Waals surface area contributed by atoms with E-state index in [1.54, 1.807) is 20.8 Å². The Morgan fingerprint density at radius 2 is 1.86 bits per heavy atom. The van der Waals surface area contributed by atoms with E-state index < -0.39 is 11.7 Å². The van der Waals surface area contributed by atoms with Gasteiger partial charge in [0.25, 0.3) is 0 Å². The van der Waals surface area contributed by atoms with Crippen LogP contribution in [-0.2, 0) is 4.74 Å². The van der Waals surface area contributed by atoms with E-state index in [2.05, 4.69) is 22.9 Å². The fraction of sp³-hybridized carbons (Fsp3) is 0.750. The Morgan fingerprint density at radius 3 is 2.29 bits per heavy atom. The van der Waals surface area contributed by atoms with E-state index in [4.69, 9.17) is 16.3 Å². The number of nitrogens with one attached hydrogen (secondary N) is 2. The van der Waals surface area contributed by atoms with Crippen LogP contribution in [0, 0.1) is 0 Å². The SMILES string of the molecule is CC(C)(C)OC(=O)NCCNC(=S)Cl. The Kier molecular flexibility index (Phi) is 5.79. The molecule has 0 saturated carbocycles. The molecule has 0 saturated heterocycles. The highest BCUT2D eigenvalue weighted by molar-refractivity contribution is 7.83. The number of halogens is 1. The Morgan fingerprint density at radius 1 is 1.36 bits per heavy atom. The van der Waals surface area contributed by atoms with Gasteiger partial charge in [0.05, 0.1) is 0 Å². The van der Waals surface area contributed by atoms with Gasteiger partial charge in [0.1, 0.15) is 5.60 Å². The molecule has 0 aromatic heterocycles. The normalized spacial score (nSPS) is 10.6. The molecule has 14 heavy (non-hydrogen) atoms. The molecule has 0 bridgehead atoms. The van der Waals surface area contributed by atoms with E-state index in [1.165, 1.54) is 0 Å². The molecule has 0 aliphatic rings. The maximum Gasteiger partial charge on any atom is 0.407 e. The van der Waals surface area contributed by atoms with Gasteiger partial charge in [-0.3, -0.25) is 0 Å². The summed E-state index contributed by atoms with van der Waals surface area (Å²) < 4.78 is 5.19. The van der Waals surface area contributed by atoms with Crippen molar-refractivity contribution in [1.29, 1.82) is 0 Å². The fourth-order valence-electron chi connectivity index (χ4n) is 0.640. The van der Waals surface area contributed by atoms with E-state index in [-0.39, 0.29) is 4.45 Å². The van der Waals surface area contributed by atoms with Crippen LogP contribution in [0.5, 0.6) is 0 Å². The van der Waals surface area contributed by atoms with E-state index in [9.17, 15) is 4.79 Å². The molecule has 0 aromatic carbocycles. The first-order valence-corrected chi connectivity index (χ1v) is 5.00. The summed E-state index contributed by atoms with van der Waals surface area (Å²) in [5.41, 5.74) is -0.473. The van der Waals surface area contributed by atoms with Crippen molar-refractivity contribution in [2.24, 2.45) is 0 Å². The Balaban J connectivity index is 3.50. The maximum atomic E-state index is 11.1. The predicted molar refractivity (Wildman–Crippen MR) is 60.7 cm³/mol. The first kappa shape index (κ1) is 13.4. The number of carbonyl (C=O) groups excluding carboxylic acids is 1. The van der Waals surface area contributed by atoms with Gasteiger partial charge >= 0.3 is 6.09 Å². The summed E-state index contributed by atoms with van der Waals surface area (Å²) in [5.74, 6) is 0. The molecule has 0 aliphatic heterocycles. The molecule has 4 nitrogen and oxygen atoms in total. The van der Waals surface area contributed by atoms with Gasteiger partial charge in [-0.25, -0.2) is 4.79 Å².